The highest BCUT2D eigenvalue weighted by molar-refractivity contribution is 7.92. The van der Waals surface area contributed by atoms with Gasteiger partial charge in [-0.25, -0.2) is 8.42 Å². The molecule has 0 radical (unpaired) electrons. The highest BCUT2D eigenvalue weighted by atomic mass is 32.2. The molecule has 0 aromatic carbocycles. The average Bonchev–Trinajstić information content (AvgIpc) is 1.99. The number of rotatable bonds is 6. The van der Waals surface area contributed by atoms with Gasteiger partial charge in [-0.1, -0.05) is 12.2 Å². The van der Waals surface area contributed by atoms with Crippen molar-refractivity contribution in [2.75, 3.05) is 31.3 Å². The molecule has 0 saturated carbocycles. The Labute approximate surface area is 85.3 Å². The number of hydrogen-bond acceptors (Lipinski definition) is 4. The van der Waals surface area contributed by atoms with Crippen LogP contribution in [-0.2, 0) is 14.6 Å². The highest BCUT2D eigenvalue weighted by Crippen LogP contribution is 2.09. The van der Waals surface area contributed by atoms with Gasteiger partial charge in [0.2, 0.25) is 0 Å². The molecule has 0 amide bonds. The molecule has 1 aliphatic rings. The molecule has 0 unspecified atom stereocenters. The summed E-state index contributed by atoms with van der Waals surface area (Å²) in [7, 11) is -2.70. The van der Waals surface area contributed by atoms with Gasteiger partial charge in [0.05, 0.1) is 24.7 Å². The van der Waals surface area contributed by atoms with E-state index in [1.165, 1.54) is 0 Å². The second-order valence-electron chi connectivity index (χ2n) is 3.74. The van der Waals surface area contributed by atoms with Crippen molar-refractivity contribution in [3.8, 4) is 0 Å². The molecular weight excluding hydrogens is 202 g/mol. The third-order valence-electron chi connectivity index (χ3n) is 1.94. The molecule has 4 nitrogen and oxygen atoms in total. The van der Waals surface area contributed by atoms with Crippen LogP contribution >= 0.6 is 0 Å². The summed E-state index contributed by atoms with van der Waals surface area (Å²) in [5, 5.41) is 3.11. The van der Waals surface area contributed by atoms with E-state index in [2.05, 4.69) is 11.9 Å². The van der Waals surface area contributed by atoms with Crippen LogP contribution in [-0.4, -0.2) is 45.7 Å². The molecule has 0 spiro atoms. The fraction of sp³-hybridized carbons (Fsp3) is 0.778. The lowest BCUT2D eigenvalue weighted by Gasteiger charge is -2.26. The van der Waals surface area contributed by atoms with Gasteiger partial charge in [-0.3, -0.25) is 0 Å². The van der Waals surface area contributed by atoms with Gasteiger partial charge in [-0.05, 0) is 6.92 Å². The standard InChI is InChI=1S/C9H17NO3S/c1-8(2)5-13-4-3-10-9-6-14(11,12)7-9/h9-10H,1,3-7H2,2H3. The maximum absolute atomic E-state index is 10.8. The van der Waals surface area contributed by atoms with Crippen LogP contribution in [0, 0.1) is 0 Å². The van der Waals surface area contributed by atoms with Gasteiger partial charge in [0.25, 0.3) is 0 Å². The monoisotopic (exact) mass is 219 g/mol. The zero-order valence-corrected chi connectivity index (χ0v) is 9.27. The minimum atomic E-state index is -2.70. The largest absolute Gasteiger partial charge is 0.376 e. The molecule has 14 heavy (non-hydrogen) atoms. The second kappa shape index (κ2) is 4.91. The average molecular weight is 219 g/mol. The maximum Gasteiger partial charge on any atom is 0.153 e. The Morgan fingerprint density at radius 2 is 2.21 bits per heavy atom. The second-order valence-corrected chi connectivity index (χ2v) is 5.89. The zero-order valence-electron chi connectivity index (χ0n) is 8.45. The molecule has 0 aliphatic carbocycles. The van der Waals surface area contributed by atoms with E-state index < -0.39 is 9.84 Å². The first-order chi connectivity index (χ1) is 6.49. The first-order valence-electron chi connectivity index (χ1n) is 4.65. The van der Waals surface area contributed by atoms with Crippen molar-refractivity contribution >= 4 is 9.84 Å². The molecular formula is C9H17NO3S. The Morgan fingerprint density at radius 3 is 2.71 bits per heavy atom. The molecule has 1 aliphatic heterocycles. The number of sulfone groups is 1. The van der Waals surface area contributed by atoms with Crippen LogP contribution in [0.15, 0.2) is 12.2 Å². The van der Waals surface area contributed by atoms with E-state index in [0.29, 0.717) is 19.8 Å². The van der Waals surface area contributed by atoms with E-state index in [0.717, 1.165) is 5.57 Å². The minimum absolute atomic E-state index is 0.133. The van der Waals surface area contributed by atoms with Crippen molar-refractivity contribution in [3.05, 3.63) is 12.2 Å². The Kier molecular flexibility index (Phi) is 4.10. The lowest BCUT2D eigenvalue weighted by atomic mass is 10.3. The van der Waals surface area contributed by atoms with Crippen LogP contribution in [0.25, 0.3) is 0 Å². The Bertz CT molecular complexity index is 285. The molecule has 0 aromatic rings. The first-order valence-corrected chi connectivity index (χ1v) is 6.48. The Morgan fingerprint density at radius 1 is 1.57 bits per heavy atom. The molecule has 0 bridgehead atoms. The van der Waals surface area contributed by atoms with Crippen LogP contribution in [0.2, 0.25) is 0 Å². The van der Waals surface area contributed by atoms with Gasteiger partial charge in [-0.2, -0.15) is 0 Å². The maximum atomic E-state index is 10.8. The Balaban J connectivity index is 1.93. The minimum Gasteiger partial charge on any atom is -0.376 e. The van der Waals surface area contributed by atoms with Crippen LogP contribution in [0.3, 0.4) is 0 Å². The predicted molar refractivity (Wildman–Crippen MR) is 56.1 cm³/mol. The molecule has 1 rings (SSSR count). The van der Waals surface area contributed by atoms with Gasteiger partial charge < -0.3 is 10.1 Å². The van der Waals surface area contributed by atoms with Gasteiger partial charge >= 0.3 is 0 Å². The van der Waals surface area contributed by atoms with Crippen molar-refractivity contribution in [1.82, 2.24) is 5.32 Å². The normalized spacial score (nSPS) is 20.4. The lowest BCUT2D eigenvalue weighted by molar-refractivity contribution is 0.156. The summed E-state index contributed by atoms with van der Waals surface area (Å²) in [5.41, 5.74) is 0.997. The SMILES string of the molecule is C=C(C)COCCNC1CS(=O)(=O)C1. The van der Waals surface area contributed by atoms with E-state index >= 15 is 0 Å². The number of hydrogen-bond donors (Lipinski definition) is 1. The van der Waals surface area contributed by atoms with E-state index in [1.807, 2.05) is 6.92 Å². The molecule has 1 heterocycles. The van der Waals surface area contributed by atoms with Crippen LogP contribution in [0.5, 0.6) is 0 Å². The van der Waals surface area contributed by atoms with Gasteiger partial charge in [0, 0.05) is 12.6 Å². The van der Waals surface area contributed by atoms with Crippen molar-refractivity contribution < 1.29 is 13.2 Å². The van der Waals surface area contributed by atoms with E-state index in [9.17, 15) is 8.42 Å². The van der Waals surface area contributed by atoms with Gasteiger partial charge in [0.15, 0.2) is 9.84 Å². The fourth-order valence-corrected chi connectivity index (χ4v) is 2.63. The molecule has 1 N–H and O–H groups in total. The fourth-order valence-electron chi connectivity index (χ4n) is 1.26. The summed E-state index contributed by atoms with van der Waals surface area (Å²) in [4.78, 5) is 0. The van der Waals surface area contributed by atoms with Crippen LogP contribution in [0.4, 0.5) is 0 Å². The quantitative estimate of drug-likeness (QED) is 0.503. The molecule has 1 fully saturated rings. The Hall–Kier alpha value is -0.390. The van der Waals surface area contributed by atoms with Gasteiger partial charge in [0.1, 0.15) is 0 Å². The van der Waals surface area contributed by atoms with E-state index in [1.54, 1.807) is 0 Å². The third-order valence-corrected chi connectivity index (χ3v) is 3.76. The summed E-state index contributed by atoms with van der Waals surface area (Å²) < 4.78 is 26.8. The summed E-state index contributed by atoms with van der Waals surface area (Å²) in [6.45, 7) is 7.49. The molecule has 0 atom stereocenters. The lowest BCUT2D eigenvalue weighted by Crippen LogP contribution is -2.51. The highest BCUT2D eigenvalue weighted by Gasteiger charge is 2.32. The molecule has 82 valence electrons. The van der Waals surface area contributed by atoms with Crippen molar-refractivity contribution in [2.24, 2.45) is 0 Å². The summed E-state index contributed by atoms with van der Waals surface area (Å²) >= 11 is 0. The molecule has 1 saturated heterocycles. The summed E-state index contributed by atoms with van der Waals surface area (Å²) in [6.07, 6.45) is 0. The third kappa shape index (κ3) is 4.21. The smallest absolute Gasteiger partial charge is 0.153 e. The van der Waals surface area contributed by atoms with Crippen LogP contribution in [0.1, 0.15) is 6.92 Å². The van der Waals surface area contributed by atoms with Crippen molar-refractivity contribution in [1.29, 1.82) is 0 Å². The number of ether oxygens (including phenoxy) is 1. The van der Waals surface area contributed by atoms with Crippen molar-refractivity contribution in [3.63, 3.8) is 0 Å². The predicted octanol–water partition coefficient (Wildman–Crippen LogP) is -0.0343. The molecule has 5 heteroatoms. The van der Waals surface area contributed by atoms with E-state index in [4.69, 9.17) is 4.74 Å². The number of nitrogens with one attached hydrogen (secondary N) is 1. The van der Waals surface area contributed by atoms with Crippen LogP contribution < -0.4 is 5.32 Å². The summed E-state index contributed by atoms with van der Waals surface area (Å²) in [5.74, 6) is 0.543. The molecule has 0 aromatic heterocycles. The topological polar surface area (TPSA) is 55.4 Å². The van der Waals surface area contributed by atoms with E-state index in [-0.39, 0.29) is 17.5 Å². The zero-order chi connectivity index (χ0) is 10.6. The summed E-state index contributed by atoms with van der Waals surface area (Å²) in [6, 6.07) is 0.133. The van der Waals surface area contributed by atoms with Gasteiger partial charge in [-0.15, -0.1) is 0 Å². The first kappa shape index (κ1) is 11.7. The van der Waals surface area contributed by atoms with Crippen molar-refractivity contribution in [2.45, 2.75) is 13.0 Å².